The quantitative estimate of drug-likeness (QED) is 0.458. The maximum atomic E-state index is 13.0. The van der Waals surface area contributed by atoms with Gasteiger partial charge in [0.2, 0.25) is 10.0 Å². The summed E-state index contributed by atoms with van der Waals surface area (Å²) in [6, 6.07) is 25.5. The predicted molar refractivity (Wildman–Crippen MR) is 143 cm³/mol. The number of nitrogens with one attached hydrogen (secondary N) is 1. The van der Waals surface area contributed by atoms with E-state index in [0.29, 0.717) is 6.54 Å². The third-order valence-electron chi connectivity index (χ3n) is 6.26. The zero-order valence-electron chi connectivity index (χ0n) is 19.6. The Morgan fingerprint density at radius 3 is 2.09 bits per heavy atom. The number of halogens is 1. The second-order valence-corrected chi connectivity index (χ2v) is 11.3. The molecule has 1 aliphatic heterocycles. The van der Waals surface area contributed by atoms with E-state index in [-0.39, 0.29) is 10.9 Å². The molecule has 0 aliphatic carbocycles. The monoisotopic (exact) mass is 542 g/mol. The summed E-state index contributed by atoms with van der Waals surface area (Å²) in [6.07, 6.45) is 0. The summed E-state index contributed by atoms with van der Waals surface area (Å²) in [4.78, 5) is 7.10. The van der Waals surface area contributed by atoms with Crippen LogP contribution in [0.5, 0.6) is 0 Å². The average molecular weight is 544 g/mol. The number of hydrogen-bond donors (Lipinski definition) is 1. The number of hydrogen-bond acceptors (Lipinski definition) is 5. The van der Waals surface area contributed by atoms with Crippen molar-refractivity contribution in [3.63, 3.8) is 0 Å². The van der Waals surface area contributed by atoms with Gasteiger partial charge in [-0.1, -0.05) is 46.3 Å². The maximum Gasteiger partial charge on any atom is 0.240 e. The van der Waals surface area contributed by atoms with Crippen LogP contribution in [0.1, 0.15) is 11.6 Å². The van der Waals surface area contributed by atoms with E-state index >= 15 is 0 Å². The van der Waals surface area contributed by atoms with E-state index in [4.69, 9.17) is 0 Å². The largest absolute Gasteiger partial charge is 0.378 e. The van der Waals surface area contributed by atoms with Gasteiger partial charge in [-0.3, -0.25) is 4.90 Å². The molecule has 6 nitrogen and oxygen atoms in total. The third-order valence-corrected chi connectivity index (χ3v) is 8.23. The molecule has 1 fully saturated rings. The number of sulfonamides is 1. The van der Waals surface area contributed by atoms with Gasteiger partial charge in [-0.2, -0.15) is 0 Å². The van der Waals surface area contributed by atoms with Crippen LogP contribution < -0.4 is 14.5 Å². The van der Waals surface area contributed by atoms with Crippen molar-refractivity contribution in [3.8, 4) is 0 Å². The summed E-state index contributed by atoms with van der Waals surface area (Å²) in [7, 11) is 0.421. The first-order chi connectivity index (χ1) is 16.3. The van der Waals surface area contributed by atoms with Crippen molar-refractivity contribution in [2.45, 2.75) is 10.9 Å². The van der Waals surface area contributed by atoms with Gasteiger partial charge in [-0.15, -0.1) is 0 Å². The lowest BCUT2D eigenvalue weighted by atomic mass is 10.0. The summed E-state index contributed by atoms with van der Waals surface area (Å²) in [6.45, 7) is 3.82. The SMILES string of the molecule is CN(C)c1ccc(C(CNS(=O)(=O)c2ccc(Br)cc2)N2CCN(c3ccccc3)CC2)cc1. The van der Waals surface area contributed by atoms with Gasteiger partial charge in [0, 0.05) is 68.7 Å². The van der Waals surface area contributed by atoms with Crippen LogP contribution in [0.4, 0.5) is 11.4 Å². The molecule has 0 amide bonds. The van der Waals surface area contributed by atoms with Crippen LogP contribution >= 0.6 is 15.9 Å². The fraction of sp³-hybridized carbons (Fsp3) is 0.308. The van der Waals surface area contributed by atoms with Crippen LogP contribution in [0, 0.1) is 0 Å². The molecule has 0 radical (unpaired) electrons. The summed E-state index contributed by atoms with van der Waals surface area (Å²) in [5.41, 5.74) is 3.45. The molecule has 0 saturated carbocycles. The lowest BCUT2D eigenvalue weighted by Gasteiger charge is -2.40. The van der Waals surface area contributed by atoms with Crippen LogP contribution in [0.15, 0.2) is 88.2 Å². The molecule has 0 spiro atoms. The summed E-state index contributed by atoms with van der Waals surface area (Å²) >= 11 is 3.37. The molecular weight excluding hydrogens is 512 g/mol. The zero-order valence-corrected chi connectivity index (χ0v) is 22.0. The molecule has 1 N–H and O–H groups in total. The fourth-order valence-electron chi connectivity index (χ4n) is 4.27. The van der Waals surface area contributed by atoms with Crippen LogP contribution in [0.25, 0.3) is 0 Å². The van der Waals surface area contributed by atoms with Crippen LogP contribution in [0.3, 0.4) is 0 Å². The molecule has 1 aliphatic rings. The van der Waals surface area contributed by atoms with Gasteiger partial charge in [0.1, 0.15) is 0 Å². The van der Waals surface area contributed by atoms with E-state index in [2.05, 4.69) is 83.9 Å². The van der Waals surface area contributed by atoms with Crippen molar-refractivity contribution in [2.24, 2.45) is 0 Å². The van der Waals surface area contributed by atoms with Gasteiger partial charge in [-0.25, -0.2) is 13.1 Å². The van der Waals surface area contributed by atoms with E-state index in [1.807, 2.05) is 20.2 Å². The van der Waals surface area contributed by atoms with Gasteiger partial charge in [0.15, 0.2) is 0 Å². The summed E-state index contributed by atoms with van der Waals surface area (Å²) in [5, 5.41) is 0. The van der Waals surface area contributed by atoms with E-state index in [9.17, 15) is 8.42 Å². The maximum absolute atomic E-state index is 13.0. The second-order valence-electron chi connectivity index (χ2n) is 8.67. The highest BCUT2D eigenvalue weighted by Gasteiger charge is 2.27. The van der Waals surface area contributed by atoms with E-state index in [0.717, 1.165) is 41.9 Å². The van der Waals surface area contributed by atoms with Crippen molar-refractivity contribution in [1.82, 2.24) is 9.62 Å². The molecule has 1 saturated heterocycles. The highest BCUT2D eigenvalue weighted by molar-refractivity contribution is 9.10. The van der Waals surface area contributed by atoms with Crippen LogP contribution in [-0.4, -0.2) is 60.1 Å². The number of benzene rings is 3. The van der Waals surface area contributed by atoms with Crippen molar-refractivity contribution in [3.05, 3.63) is 88.9 Å². The third kappa shape index (κ3) is 5.99. The number of piperazine rings is 1. The fourth-order valence-corrected chi connectivity index (χ4v) is 5.57. The van der Waals surface area contributed by atoms with E-state index < -0.39 is 10.0 Å². The molecule has 8 heteroatoms. The van der Waals surface area contributed by atoms with Crippen molar-refractivity contribution < 1.29 is 8.42 Å². The average Bonchev–Trinajstić information content (AvgIpc) is 2.85. The molecule has 180 valence electrons. The van der Waals surface area contributed by atoms with Gasteiger partial charge in [0.05, 0.1) is 4.90 Å². The smallest absolute Gasteiger partial charge is 0.240 e. The lowest BCUT2D eigenvalue weighted by Crippen LogP contribution is -2.49. The van der Waals surface area contributed by atoms with Gasteiger partial charge in [0.25, 0.3) is 0 Å². The zero-order chi connectivity index (χ0) is 24.1. The molecule has 4 rings (SSSR count). The Bertz CT molecular complexity index is 1160. The minimum atomic E-state index is -3.61. The van der Waals surface area contributed by atoms with Crippen LogP contribution in [0.2, 0.25) is 0 Å². The molecule has 0 bridgehead atoms. The van der Waals surface area contributed by atoms with Crippen molar-refractivity contribution >= 4 is 37.3 Å². The molecular formula is C26H31BrN4O2S. The van der Waals surface area contributed by atoms with Crippen molar-refractivity contribution in [1.29, 1.82) is 0 Å². The number of anilines is 2. The first-order valence-electron chi connectivity index (χ1n) is 11.4. The molecule has 1 unspecified atom stereocenters. The Morgan fingerprint density at radius 2 is 1.50 bits per heavy atom. The Hall–Kier alpha value is -2.39. The number of nitrogens with zero attached hydrogens (tertiary/aromatic N) is 3. The predicted octanol–water partition coefficient (Wildman–Crippen LogP) is 4.36. The second kappa shape index (κ2) is 10.9. The van der Waals surface area contributed by atoms with Gasteiger partial charge < -0.3 is 9.80 Å². The number of para-hydroxylation sites is 1. The normalized spacial score (nSPS) is 15.8. The summed E-state index contributed by atoms with van der Waals surface area (Å²) < 4.78 is 29.7. The molecule has 0 aromatic heterocycles. The molecule has 1 atom stereocenters. The first-order valence-corrected chi connectivity index (χ1v) is 13.7. The van der Waals surface area contributed by atoms with Gasteiger partial charge in [-0.05, 0) is 54.1 Å². The van der Waals surface area contributed by atoms with E-state index in [1.54, 1.807) is 24.3 Å². The van der Waals surface area contributed by atoms with E-state index in [1.165, 1.54) is 5.69 Å². The Kier molecular flexibility index (Phi) is 7.93. The molecule has 34 heavy (non-hydrogen) atoms. The van der Waals surface area contributed by atoms with Crippen molar-refractivity contribution in [2.75, 3.05) is 56.6 Å². The highest BCUT2D eigenvalue weighted by Crippen LogP contribution is 2.26. The minimum Gasteiger partial charge on any atom is -0.378 e. The lowest BCUT2D eigenvalue weighted by molar-refractivity contribution is 0.187. The molecule has 1 heterocycles. The molecule has 3 aromatic carbocycles. The topological polar surface area (TPSA) is 55.9 Å². The standard InChI is InChI=1S/C26H31BrN4O2S/c1-29(2)23-12-8-21(9-13-23)26(20-28-34(32,33)25-14-10-22(27)11-15-25)31-18-16-30(17-19-31)24-6-4-3-5-7-24/h3-15,26,28H,16-20H2,1-2H3. The minimum absolute atomic E-state index is 0.0561. The Morgan fingerprint density at radius 1 is 0.882 bits per heavy atom. The summed E-state index contributed by atoms with van der Waals surface area (Å²) in [5.74, 6) is 0. The molecule has 3 aromatic rings. The van der Waals surface area contributed by atoms with Crippen LogP contribution in [-0.2, 0) is 10.0 Å². The number of rotatable bonds is 8. The highest BCUT2D eigenvalue weighted by atomic mass is 79.9. The Labute approximate surface area is 211 Å². The first kappa shape index (κ1) is 24.7. The Balaban J connectivity index is 1.52. The van der Waals surface area contributed by atoms with Gasteiger partial charge >= 0.3 is 0 Å².